The summed E-state index contributed by atoms with van der Waals surface area (Å²) in [5.41, 5.74) is 5.21. The summed E-state index contributed by atoms with van der Waals surface area (Å²) in [6.45, 7) is 7.03. The second-order valence-electron chi connectivity index (χ2n) is 2.16. The zero-order chi connectivity index (χ0) is 10.2. The van der Waals surface area contributed by atoms with Gasteiger partial charge in [-0.05, 0) is 26.8 Å². The van der Waals surface area contributed by atoms with Crippen LogP contribution in [0.25, 0.3) is 0 Å². The average Bonchev–Trinajstić information content (AvgIpc) is 2.18. The standard InChI is InChI=1S/C5H13N.C4H8.CH4O/c1-2-3-4-5-6;1-3-4-2;1-2/h2-6H2,1H3;3-4H,1-2H3;2H,1H3/b;4-3-;. The molecular formula is C10H25NO. The highest BCUT2D eigenvalue weighted by atomic mass is 16.2. The summed E-state index contributed by atoms with van der Waals surface area (Å²) in [5.74, 6) is 0. The third-order valence-electron chi connectivity index (χ3n) is 1.14. The first kappa shape index (κ1) is 17.7. The van der Waals surface area contributed by atoms with Gasteiger partial charge in [0, 0.05) is 7.11 Å². The lowest BCUT2D eigenvalue weighted by Crippen LogP contribution is -1.96. The van der Waals surface area contributed by atoms with Crippen LogP contribution in [0.1, 0.15) is 40.0 Å². The first-order valence-corrected chi connectivity index (χ1v) is 4.55. The molecule has 12 heavy (non-hydrogen) atoms. The Bertz CT molecular complexity index is 54.9. The molecule has 0 atom stereocenters. The van der Waals surface area contributed by atoms with Crippen molar-refractivity contribution in [3.63, 3.8) is 0 Å². The second kappa shape index (κ2) is 31.1. The molecular weight excluding hydrogens is 150 g/mol. The number of aliphatic hydroxyl groups excluding tert-OH is 1. The Morgan fingerprint density at radius 3 is 1.58 bits per heavy atom. The van der Waals surface area contributed by atoms with E-state index in [0.717, 1.165) is 13.7 Å². The smallest absolute Gasteiger partial charge is 0.0319 e. The highest BCUT2D eigenvalue weighted by Gasteiger charge is 1.75. The fourth-order valence-electron chi connectivity index (χ4n) is 0.394. The van der Waals surface area contributed by atoms with E-state index in [4.69, 9.17) is 10.8 Å². The van der Waals surface area contributed by atoms with Gasteiger partial charge in [0.15, 0.2) is 0 Å². The van der Waals surface area contributed by atoms with Gasteiger partial charge < -0.3 is 10.8 Å². The summed E-state index contributed by atoms with van der Waals surface area (Å²) in [7, 11) is 1.00. The maximum atomic E-state index is 7.00. The van der Waals surface area contributed by atoms with Gasteiger partial charge in [-0.15, -0.1) is 0 Å². The van der Waals surface area contributed by atoms with Crippen molar-refractivity contribution in [3.05, 3.63) is 12.2 Å². The predicted molar refractivity (Wildman–Crippen MR) is 57.2 cm³/mol. The lowest BCUT2D eigenvalue weighted by molar-refractivity contribution is 0.399. The summed E-state index contributed by atoms with van der Waals surface area (Å²) in [6, 6.07) is 0. The number of allylic oxidation sites excluding steroid dienone is 2. The molecule has 0 aliphatic heterocycles. The fourth-order valence-corrected chi connectivity index (χ4v) is 0.394. The van der Waals surface area contributed by atoms with Crippen LogP contribution in [0.5, 0.6) is 0 Å². The van der Waals surface area contributed by atoms with Crippen LogP contribution in [0.15, 0.2) is 12.2 Å². The van der Waals surface area contributed by atoms with E-state index < -0.39 is 0 Å². The van der Waals surface area contributed by atoms with Gasteiger partial charge in [-0.1, -0.05) is 31.9 Å². The van der Waals surface area contributed by atoms with E-state index in [1.54, 1.807) is 0 Å². The zero-order valence-corrected chi connectivity index (χ0v) is 9.01. The quantitative estimate of drug-likeness (QED) is 0.511. The molecule has 0 radical (unpaired) electrons. The largest absolute Gasteiger partial charge is 0.400 e. The molecule has 0 spiro atoms. The van der Waals surface area contributed by atoms with Crippen LogP contribution in [-0.2, 0) is 0 Å². The number of nitrogens with two attached hydrogens (primary N) is 1. The zero-order valence-electron chi connectivity index (χ0n) is 9.01. The fraction of sp³-hybridized carbons (Fsp3) is 0.800. The summed E-state index contributed by atoms with van der Waals surface area (Å²) >= 11 is 0. The molecule has 76 valence electrons. The first-order chi connectivity index (χ1) is 5.83. The molecule has 0 aromatic rings. The van der Waals surface area contributed by atoms with Gasteiger partial charge in [0.05, 0.1) is 0 Å². The van der Waals surface area contributed by atoms with Gasteiger partial charge in [0.1, 0.15) is 0 Å². The molecule has 0 heterocycles. The third kappa shape index (κ3) is 54.1. The van der Waals surface area contributed by atoms with Crippen molar-refractivity contribution in [1.82, 2.24) is 0 Å². The Morgan fingerprint density at radius 1 is 1.08 bits per heavy atom. The Balaban J connectivity index is -0.000000118. The number of hydrogen-bond donors (Lipinski definition) is 2. The minimum Gasteiger partial charge on any atom is -0.400 e. The highest BCUT2D eigenvalue weighted by molar-refractivity contribution is 4.68. The van der Waals surface area contributed by atoms with Gasteiger partial charge in [0.2, 0.25) is 0 Å². The Hall–Kier alpha value is -0.340. The van der Waals surface area contributed by atoms with Crippen molar-refractivity contribution in [1.29, 1.82) is 0 Å². The molecule has 0 amide bonds. The summed E-state index contributed by atoms with van der Waals surface area (Å²) < 4.78 is 0. The van der Waals surface area contributed by atoms with Crippen molar-refractivity contribution in [2.24, 2.45) is 5.73 Å². The van der Waals surface area contributed by atoms with Crippen LogP contribution >= 0.6 is 0 Å². The molecule has 0 aromatic carbocycles. The number of unbranched alkanes of at least 4 members (excludes halogenated alkanes) is 2. The van der Waals surface area contributed by atoms with Gasteiger partial charge in [-0.3, -0.25) is 0 Å². The Kier molecular flexibility index (Phi) is 45.7. The van der Waals surface area contributed by atoms with Crippen molar-refractivity contribution < 1.29 is 5.11 Å². The number of hydrogen-bond acceptors (Lipinski definition) is 2. The van der Waals surface area contributed by atoms with Gasteiger partial charge in [-0.2, -0.15) is 0 Å². The molecule has 0 saturated heterocycles. The molecule has 0 bridgehead atoms. The summed E-state index contributed by atoms with van der Waals surface area (Å²) in [5, 5.41) is 7.00. The van der Waals surface area contributed by atoms with Crippen LogP contribution in [0, 0.1) is 0 Å². The van der Waals surface area contributed by atoms with Gasteiger partial charge >= 0.3 is 0 Å². The van der Waals surface area contributed by atoms with Crippen LogP contribution in [0.3, 0.4) is 0 Å². The predicted octanol–water partition coefficient (Wildman–Crippen LogP) is 2.33. The molecule has 0 rings (SSSR count). The van der Waals surface area contributed by atoms with Crippen molar-refractivity contribution in [3.8, 4) is 0 Å². The average molecular weight is 175 g/mol. The topological polar surface area (TPSA) is 46.2 Å². The van der Waals surface area contributed by atoms with Gasteiger partial charge in [-0.25, -0.2) is 0 Å². The molecule has 0 aromatic heterocycles. The van der Waals surface area contributed by atoms with E-state index in [2.05, 4.69) is 6.92 Å². The number of rotatable bonds is 3. The van der Waals surface area contributed by atoms with Crippen LogP contribution in [-0.4, -0.2) is 18.8 Å². The highest BCUT2D eigenvalue weighted by Crippen LogP contribution is 1.88. The Morgan fingerprint density at radius 2 is 1.50 bits per heavy atom. The third-order valence-corrected chi connectivity index (χ3v) is 1.14. The van der Waals surface area contributed by atoms with Gasteiger partial charge in [0.25, 0.3) is 0 Å². The van der Waals surface area contributed by atoms with Crippen LogP contribution in [0.4, 0.5) is 0 Å². The van der Waals surface area contributed by atoms with Crippen molar-refractivity contribution in [2.75, 3.05) is 13.7 Å². The Labute approximate surface area is 77.5 Å². The minimum atomic E-state index is 0.855. The lowest BCUT2D eigenvalue weighted by Gasteiger charge is -1.86. The summed E-state index contributed by atoms with van der Waals surface area (Å²) in [4.78, 5) is 0. The van der Waals surface area contributed by atoms with E-state index in [9.17, 15) is 0 Å². The molecule has 0 aliphatic rings. The van der Waals surface area contributed by atoms with E-state index >= 15 is 0 Å². The number of aliphatic hydroxyl groups is 1. The van der Waals surface area contributed by atoms with Crippen LogP contribution < -0.4 is 5.73 Å². The molecule has 0 saturated carbocycles. The lowest BCUT2D eigenvalue weighted by atomic mass is 10.3. The molecule has 3 N–H and O–H groups in total. The summed E-state index contributed by atoms with van der Waals surface area (Å²) in [6.07, 6.45) is 7.75. The maximum absolute atomic E-state index is 7.00. The maximum Gasteiger partial charge on any atom is 0.0319 e. The van der Waals surface area contributed by atoms with E-state index in [1.807, 2.05) is 26.0 Å². The van der Waals surface area contributed by atoms with Crippen molar-refractivity contribution in [2.45, 2.75) is 40.0 Å². The molecule has 2 heteroatoms. The SMILES string of the molecule is C/C=C\C.CCCCCN.CO. The van der Waals surface area contributed by atoms with Crippen molar-refractivity contribution >= 4 is 0 Å². The first-order valence-electron chi connectivity index (χ1n) is 4.55. The molecule has 0 fully saturated rings. The minimum absolute atomic E-state index is 0.855. The normalized spacial score (nSPS) is 8.17. The molecule has 0 unspecified atom stereocenters. The van der Waals surface area contributed by atoms with Crippen LogP contribution in [0.2, 0.25) is 0 Å². The van der Waals surface area contributed by atoms with E-state index in [0.29, 0.717) is 0 Å². The van der Waals surface area contributed by atoms with E-state index in [1.165, 1.54) is 19.3 Å². The second-order valence-corrected chi connectivity index (χ2v) is 2.16. The molecule has 2 nitrogen and oxygen atoms in total. The molecule has 0 aliphatic carbocycles. The monoisotopic (exact) mass is 175 g/mol. The van der Waals surface area contributed by atoms with E-state index in [-0.39, 0.29) is 0 Å².